The largest absolute Gasteiger partial charge is 0.412 e. The summed E-state index contributed by atoms with van der Waals surface area (Å²) in [7, 11) is 1.83. The maximum Gasteiger partial charge on any atom is 0.412 e. The zero-order valence-electron chi connectivity index (χ0n) is 10.3. The number of rotatable bonds is 3. The Bertz CT molecular complexity index is 364. The van der Waals surface area contributed by atoms with Gasteiger partial charge in [-0.3, -0.25) is 4.99 Å². The Hall–Kier alpha value is -1.26. The second-order valence-corrected chi connectivity index (χ2v) is 3.85. The molecule has 1 rings (SSSR count). The highest BCUT2D eigenvalue weighted by Crippen LogP contribution is 2.28. The molecule has 0 saturated heterocycles. The molecule has 1 aliphatic heterocycles. The van der Waals surface area contributed by atoms with Gasteiger partial charge in [0.25, 0.3) is 0 Å². The monoisotopic (exact) mass is 246 g/mol. The molecule has 1 aliphatic rings. The van der Waals surface area contributed by atoms with E-state index in [0.29, 0.717) is 6.54 Å². The molecule has 0 fully saturated rings. The molecule has 0 aromatic heterocycles. The standard InChI is InChI=1S/C12H17F3N2/c1-4-9(12(13,14)15)6-7-10-8-16-11(5-2)17(10)3/h6-7H,4-5,8H2,1-3H3/b9-6+,10-7+. The van der Waals surface area contributed by atoms with Crippen molar-refractivity contribution >= 4 is 5.84 Å². The first kappa shape index (κ1) is 13.8. The first-order valence-corrected chi connectivity index (χ1v) is 5.64. The van der Waals surface area contributed by atoms with Crippen molar-refractivity contribution in [1.82, 2.24) is 4.90 Å². The smallest absolute Gasteiger partial charge is 0.335 e. The van der Waals surface area contributed by atoms with Gasteiger partial charge in [0.2, 0.25) is 0 Å². The summed E-state index contributed by atoms with van der Waals surface area (Å²) in [4.78, 5) is 6.09. The van der Waals surface area contributed by atoms with Gasteiger partial charge in [-0.05, 0) is 12.5 Å². The lowest BCUT2D eigenvalue weighted by Crippen LogP contribution is -2.20. The molecule has 17 heavy (non-hydrogen) atoms. The molecular formula is C12H17F3N2. The van der Waals surface area contributed by atoms with E-state index >= 15 is 0 Å². The number of aliphatic imine (C=N–C) groups is 1. The summed E-state index contributed by atoms with van der Waals surface area (Å²) in [5.41, 5.74) is 0.292. The first-order valence-electron chi connectivity index (χ1n) is 5.64. The third kappa shape index (κ3) is 3.35. The first-order chi connectivity index (χ1) is 7.90. The lowest BCUT2D eigenvalue weighted by Gasteiger charge is -2.15. The van der Waals surface area contributed by atoms with Gasteiger partial charge >= 0.3 is 6.18 Å². The Morgan fingerprint density at radius 3 is 2.47 bits per heavy atom. The molecular weight excluding hydrogens is 229 g/mol. The van der Waals surface area contributed by atoms with Crippen molar-refractivity contribution in [2.75, 3.05) is 13.6 Å². The normalized spacial score (nSPS) is 20.1. The summed E-state index contributed by atoms with van der Waals surface area (Å²) >= 11 is 0. The van der Waals surface area contributed by atoms with Crippen LogP contribution in [0.1, 0.15) is 26.7 Å². The molecule has 0 aromatic carbocycles. The third-order valence-electron chi connectivity index (χ3n) is 2.78. The summed E-state index contributed by atoms with van der Waals surface area (Å²) in [6.45, 7) is 3.94. The quantitative estimate of drug-likeness (QED) is 0.744. The van der Waals surface area contributed by atoms with Crippen LogP contribution in [-0.2, 0) is 0 Å². The van der Waals surface area contributed by atoms with E-state index in [2.05, 4.69) is 4.99 Å². The van der Waals surface area contributed by atoms with Crippen LogP contribution in [0.4, 0.5) is 13.2 Å². The minimum atomic E-state index is -4.24. The number of alkyl halides is 3. The molecule has 0 bridgehead atoms. The van der Waals surface area contributed by atoms with Crippen LogP contribution in [0.3, 0.4) is 0 Å². The Balaban J connectivity index is 2.82. The minimum absolute atomic E-state index is 0.0154. The molecule has 96 valence electrons. The van der Waals surface area contributed by atoms with E-state index in [1.807, 2.05) is 18.9 Å². The fraction of sp³-hybridized carbons (Fsp3) is 0.583. The summed E-state index contributed by atoms with van der Waals surface area (Å²) in [6, 6.07) is 0. The van der Waals surface area contributed by atoms with Crippen molar-refractivity contribution in [1.29, 1.82) is 0 Å². The van der Waals surface area contributed by atoms with Gasteiger partial charge in [0.05, 0.1) is 6.54 Å². The molecule has 0 unspecified atom stereocenters. The summed E-state index contributed by atoms with van der Waals surface area (Å²) in [6.07, 6.45) is -0.800. The van der Waals surface area contributed by atoms with Gasteiger partial charge < -0.3 is 4.90 Å². The van der Waals surface area contributed by atoms with Gasteiger partial charge in [-0.1, -0.05) is 19.9 Å². The molecule has 0 radical (unpaired) electrons. The van der Waals surface area contributed by atoms with Crippen LogP contribution in [0.25, 0.3) is 0 Å². The topological polar surface area (TPSA) is 15.6 Å². The van der Waals surface area contributed by atoms with Gasteiger partial charge in [-0.25, -0.2) is 0 Å². The van der Waals surface area contributed by atoms with Crippen molar-refractivity contribution in [2.45, 2.75) is 32.9 Å². The fourth-order valence-corrected chi connectivity index (χ4v) is 1.67. The minimum Gasteiger partial charge on any atom is -0.335 e. The third-order valence-corrected chi connectivity index (χ3v) is 2.78. The molecule has 0 N–H and O–H groups in total. The Labute approximate surface area is 99.5 Å². The number of halogens is 3. The van der Waals surface area contributed by atoms with Gasteiger partial charge in [0.15, 0.2) is 0 Å². The Kier molecular flexibility index (Phi) is 4.37. The summed E-state index contributed by atoms with van der Waals surface area (Å²) in [5.74, 6) is 0.912. The second-order valence-electron chi connectivity index (χ2n) is 3.85. The molecule has 1 heterocycles. The molecule has 0 atom stereocenters. The maximum absolute atomic E-state index is 12.5. The number of likely N-dealkylation sites (N-methyl/N-ethyl adjacent to an activating group) is 1. The maximum atomic E-state index is 12.5. The predicted octanol–water partition coefficient (Wildman–Crippen LogP) is 3.52. The van der Waals surface area contributed by atoms with Crippen LogP contribution >= 0.6 is 0 Å². The van der Waals surface area contributed by atoms with E-state index in [1.54, 1.807) is 0 Å². The molecule has 2 nitrogen and oxygen atoms in total. The molecule has 0 spiro atoms. The lowest BCUT2D eigenvalue weighted by atomic mass is 10.1. The van der Waals surface area contributed by atoms with Crippen molar-refractivity contribution < 1.29 is 13.2 Å². The van der Waals surface area contributed by atoms with Crippen molar-refractivity contribution in [3.8, 4) is 0 Å². The van der Waals surface area contributed by atoms with Crippen molar-refractivity contribution in [2.24, 2.45) is 4.99 Å². The van der Waals surface area contributed by atoms with E-state index < -0.39 is 11.7 Å². The van der Waals surface area contributed by atoms with Gasteiger partial charge in [0.1, 0.15) is 5.84 Å². The Morgan fingerprint density at radius 1 is 1.41 bits per heavy atom. The average molecular weight is 246 g/mol. The van der Waals surface area contributed by atoms with E-state index in [1.165, 1.54) is 13.0 Å². The summed E-state index contributed by atoms with van der Waals surface area (Å²) < 4.78 is 37.5. The molecule has 0 aromatic rings. The average Bonchev–Trinajstić information content (AvgIpc) is 2.59. The summed E-state index contributed by atoms with van der Waals surface area (Å²) in [5, 5.41) is 0. The lowest BCUT2D eigenvalue weighted by molar-refractivity contribution is -0.0935. The number of hydrogen-bond donors (Lipinski definition) is 0. The van der Waals surface area contributed by atoms with Crippen LogP contribution in [0, 0.1) is 0 Å². The van der Waals surface area contributed by atoms with E-state index in [0.717, 1.165) is 24.0 Å². The SMILES string of the molecule is CCC1=NC/C(=C\C=C(/CC)C(F)(F)F)N1C. The predicted molar refractivity (Wildman–Crippen MR) is 62.9 cm³/mol. The van der Waals surface area contributed by atoms with Gasteiger partial charge in [-0.2, -0.15) is 13.2 Å². The van der Waals surface area contributed by atoms with Crippen LogP contribution in [0.2, 0.25) is 0 Å². The molecule has 0 aliphatic carbocycles. The van der Waals surface area contributed by atoms with E-state index in [4.69, 9.17) is 0 Å². The highest BCUT2D eigenvalue weighted by atomic mass is 19.4. The molecule has 5 heteroatoms. The number of hydrogen-bond acceptors (Lipinski definition) is 2. The highest BCUT2D eigenvalue weighted by molar-refractivity contribution is 5.85. The molecule has 0 saturated carbocycles. The molecule has 0 amide bonds. The zero-order chi connectivity index (χ0) is 13.1. The van der Waals surface area contributed by atoms with Crippen LogP contribution < -0.4 is 0 Å². The highest BCUT2D eigenvalue weighted by Gasteiger charge is 2.31. The fourth-order valence-electron chi connectivity index (χ4n) is 1.67. The number of amidine groups is 1. The number of nitrogens with zero attached hydrogens (tertiary/aromatic N) is 2. The second kappa shape index (κ2) is 5.38. The van der Waals surface area contributed by atoms with Crippen LogP contribution in [0.5, 0.6) is 0 Å². The number of allylic oxidation sites excluding steroid dienone is 3. The van der Waals surface area contributed by atoms with Crippen LogP contribution in [0.15, 0.2) is 28.4 Å². The van der Waals surface area contributed by atoms with Crippen LogP contribution in [-0.4, -0.2) is 30.5 Å². The Morgan fingerprint density at radius 2 is 2.06 bits per heavy atom. The van der Waals surface area contributed by atoms with Crippen molar-refractivity contribution in [3.05, 3.63) is 23.4 Å². The van der Waals surface area contributed by atoms with Crippen molar-refractivity contribution in [3.63, 3.8) is 0 Å². The zero-order valence-corrected chi connectivity index (χ0v) is 10.3. The van der Waals surface area contributed by atoms with E-state index in [9.17, 15) is 13.2 Å². The van der Waals surface area contributed by atoms with Gasteiger partial charge in [0, 0.05) is 24.7 Å². The van der Waals surface area contributed by atoms with Gasteiger partial charge in [-0.15, -0.1) is 0 Å². The van der Waals surface area contributed by atoms with E-state index in [-0.39, 0.29) is 6.42 Å².